The minimum absolute atomic E-state index is 0.0507. The van der Waals surface area contributed by atoms with Crippen LogP contribution in [-0.2, 0) is 4.79 Å². The molecule has 5 nitrogen and oxygen atoms in total. The lowest BCUT2D eigenvalue weighted by atomic mass is 10.1. The van der Waals surface area contributed by atoms with Crippen molar-refractivity contribution in [2.75, 3.05) is 4.90 Å². The van der Waals surface area contributed by atoms with Crippen LogP contribution in [-0.4, -0.2) is 18.3 Å². The Hall–Kier alpha value is -2.55. The van der Waals surface area contributed by atoms with E-state index >= 15 is 0 Å². The number of para-hydroxylation sites is 1. The quantitative estimate of drug-likeness (QED) is 0.829. The highest BCUT2D eigenvalue weighted by atomic mass is 32.1. The van der Waals surface area contributed by atoms with Crippen LogP contribution in [0.2, 0.25) is 0 Å². The zero-order chi connectivity index (χ0) is 18.4. The predicted molar refractivity (Wildman–Crippen MR) is 85.7 cm³/mol. The van der Waals surface area contributed by atoms with E-state index in [0.717, 1.165) is 20.7 Å². The summed E-state index contributed by atoms with van der Waals surface area (Å²) in [6.07, 6.45) is -4.90. The van der Waals surface area contributed by atoms with Gasteiger partial charge in [0.05, 0.1) is 5.69 Å². The van der Waals surface area contributed by atoms with Crippen LogP contribution in [0, 0.1) is 13.8 Å². The molecule has 1 fully saturated rings. The molecule has 0 aliphatic carbocycles. The molecule has 9 heteroatoms. The number of thiophene rings is 1. The molecule has 1 aromatic heterocycles. The van der Waals surface area contributed by atoms with Crippen LogP contribution in [0.1, 0.15) is 21.4 Å². The number of nitrogens with zero attached hydrogens (tertiary/aromatic N) is 1. The number of hydrogen-bond donors (Lipinski definition) is 1. The van der Waals surface area contributed by atoms with Gasteiger partial charge in [-0.2, -0.15) is 0 Å². The van der Waals surface area contributed by atoms with Crippen molar-refractivity contribution in [3.63, 3.8) is 0 Å². The SMILES string of the molecule is Cc1cc(N2C(=O)NC(c3ccccc3OC(F)(F)F)C2=O)c(C)s1. The van der Waals surface area contributed by atoms with E-state index in [2.05, 4.69) is 10.1 Å². The van der Waals surface area contributed by atoms with E-state index in [1.165, 1.54) is 29.5 Å². The summed E-state index contributed by atoms with van der Waals surface area (Å²) in [5.41, 5.74) is 0.381. The van der Waals surface area contributed by atoms with E-state index in [9.17, 15) is 22.8 Å². The molecule has 25 heavy (non-hydrogen) atoms. The summed E-state index contributed by atoms with van der Waals surface area (Å²) < 4.78 is 41.7. The molecular weight excluding hydrogens is 357 g/mol. The Bertz CT molecular complexity index is 847. The van der Waals surface area contributed by atoms with Crippen LogP contribution in [0.15, 0.2) is 30.3 Å². The smallest absolute Gasteiger partial charge is 0.405 e. The predicted octanol–water partition coefficient (Wildman–Crippen LogP) is 4.06. The highest BCUT2D eigenvalue weighted by Crippen LogP contribution is 2.37. The molecular formula is C16H13F3N2O3S. The number of urea groups is 1. The number of alkyl halides is 3. The number of aryl methyl sites for hydroxylation is 2. The fourth-order valence-electron chi connectivity index (χ4n) is 2.69. The van der Waals surface area contributed by atoms with Crippen molar-refractivity contribution < 1.29 is 27.5 Å². The van der Waals surface area contributed by atoms with Crippen molar-refractivity contribution in [1.29, 1.82) is 0 Å². The lowest BCUT2D eigenvalue weighted by molar-refractivity contribution is -0.275. The van der Waals surface area contributed by atoms with Gasteiger partial charge in [-0.15, -0.1) is 24.5 Å². The summed E-state index contributed by atoms with van der Waals surface area (Å²) in [5.74, 6) is -1.17. The van der Waals surface area contributed by atoms with Crippen molar-refractivity contribution in [1.82, 2.24) is 5.32 Å². The van der Waals surface area contributed by atoms with Crippen LogP contribution < -0.4 is 15.0 Å². The van der Waals surface area contributed by atoms with E-state index in [1.54, 1.807) is 13.0 Å². The molecule has 1 aliphatic heterocycles. The highest BCUT2D eigenvalue weighted by molar-refractivity contribution is 7.12. The summed E-state index contributed by atoms with van der Waals surface area (Å²) >= 11 is 1.42. The van der Waals surface area contributed by atoms with Crippen LogP contribution >= 0.6 is 11.3 Å². The summed E-state index contributed by atoms with van der Waals surface area (Å²) in [6.45, 7) is 3.60. The van der Waals surface area contributed by atoms with Gasteiger partial charge in [-0.25, -0.2) is 9.69 Å². The largest absolute Gasteiger partial charge is 0.573 e. The third-order valence-electron chi connectivity index (χ3n) is 3.65. The molecule has 2 aromatic rings. The van der Waals surface area contributed by atoms with Gasteiger partial charge in [-0.05, 0) is 26.0 Å². The summed E-state index contributed by atoms with van der Waals surface area (Å²) in [5, 5.41) is 2.43. The number of nitrogens with one attached hydrogen (secondary N) is 1. The Balaban J connectivity index is 1.97. The maximum atomic E-state index is 12.7. The number of anilines is 1. The summed E-state index contributed by atoms with van der Waals surface area (Å²) in [6, 6.07) is 5.02. The minimum atomic E-state index is -4.90. The van der Waals surface area contributed by atoms with E-state index in [1.807, 2.05) is 6.92 Å². The fraction of sp³-hybridized carbons (Fsp3) is 0.250. The third kappa shape index (κ3) is 3.32. The second-order valence-electron chi connectivity index (χ2n) is 5.44. The van der Waals surface area contributed by atoms with Crippen LogP contribution in [0.5, 0.6) is 5.75 Å². The molecule has 1 aromatic carbocycles. The van der Waals surface area contributed by atoms with Crippen molar-refractivity contribution in [2.45, 2.75) is 26.3 Å². The number of ether oxygens (including phenoxy) is 1. The maximum Gasteiger partial charge on any atom is 0.573 e. The van der Waals surface area contributed by atoms with Crippen molar-refractivity contribution in [3.05, 3.63) is 45.6 Å². The first-order valence-corrected chi connectivity index (χ1v) is 8.05. The standard InChI is InChI=1S/C16H13F3N2O3S/c1-8-7-11(9(2)25-8)21-14(22)13(20-15(21)23)10-5-3-4-6-12(10)24-16(17,18)19/h3-7,13H,1-2H3,(H,20,23). The molecule has 1 atom stereocenters. The van der Waals surface area contributed by atoms with E-state index < -0.39 is 30.1 Å². The number of rotatable bonds is 3. The van der Waals surface area contributed by atoms with Crippen molar-refractivity contribution in [2.24, 2.45) is 0 Å². The molecule has 0 spiro atoms. The molecule has 3 rings (SSSR count). The minimum Gasteiger partial charge on any atom is -0.405 e. The number of carbonyl (C=O) groups excluding carboxylic acids is 2. The number of imide groups is 1. The molecule has 1 aliphatic rings. The van der Waals surface area contributed by atoms with Gasteiger partial charge < -0.3 is 10.1 Å². The molecule has 0 saturated carbocycles. The summed E-state index contributed by atoms with van der Waals surface area (Å²) in [4.78, 5) is 27.6. The van der Waals surface area contributed by atoms with Crippen LogP contribution in [0.25, 0.3) is 0 Å². The number of halogens is 3. The lowest BCUT2D eigenvalue weighted by Gasteiger charge is -2.16. The Morgan fingerprint density at radius 3 is 2.48 bits per heavy atom. The van der Waals surface area contributed by atoms with Crippen LogP contribution in [0.3, 0.4) is 0 Å². The second kappa shape index (κ2) is 6.07. The van der Waals surface area contributed by atoms with Gasteiger partial charge in [0.2, 0.25) is 0 Å². The van der Waals surface area contributed by atoms with Gasteiger partial charge >= 0.3 is 12.4 Å². The number of amides is 3. The zero-order valence-corrected chi connectivity index (χ0v) is 14.0. The van der Waals surface area contributed by atoms with E-state index in [4.69, 9.17) is 0 Å². The lowest BCUT2D eigenvalue weighted by Crippen LogP contribution is -2.30. The number of carbonyl (C=O) groups is 2. The Labute approximate surface area is 145 Å². The molecule has 0 bridgehead atoms. The summed E-state index contributed by atoms with van der Waals surface area (Å²) in [7, 11) is 0. The maximum absolute atomic E-state index is 12.7. The van der Waals surface area contributed by atoms with Crippen molar-refractivity contribution >= 4 is 29.0 Å². The first-order chi connectivity index (χ1) is 11.7. The Morgan fingerprint density at radius 1 is 1.20 bits per heavy atom. The van der Waals surface area contributed by atoms with Gasteiger partial charge in [0.15, 0.2) is 0 Å². The molecule has 3 amide bonds. The van der Waals surface area contributed by atoms with E-state index in [0.29, 0.717) is 5.69 Å². The average molecular weight is 370 g/mol. The first-order valence-electron chi connectivity index (χ1n) is 7.23. The first kappa shape index (κ1) is 17.3. The van der Waals surface area contributed by atoms with Gasteiger partial charge in [0, 0.05) is 15.3 Å². The van der Waals surface area contributed by atoms with Crippen molar-refractivity contribution in [3.8, 4) is 5.75 Å². The molecule has 1 unspecified atom stereocenters. The Morgan fingerprint density at radius 2 is 1.88 bits per heavy atom. The molecule has 0 radical (unpaired) electrons. The number of hydrogen-bond acceptors (Lipinski definition) is 4. The zero-order valence-electron chi connectivity index (χ0n) is 13.2. The van der Waals surface area contributed by atoms with Gasteiger partial charge in [-0.3, -0.25) is 4.79 Å². The number of benzene rings is 1. The molecule has 132 valence electrons. The second-order valence-corrected chi connectivity index (χ2v) is 6.90. The fourth-order valence-corrected chi connectivity index (χ4v) is 3.60. The highest BCUT2D eigenvalue weighted by Gasteiger charge is 2.43. The van der Waals surface area contributed by atoms with Crippen LogP contribution in [0.4, 0.5) is 23.7 Å². The normalized spacial score (nSPS) is 17.8. The Kier molecular flexibility index (Phi) is 4.19. The van der Waals surface area contributed by atoms with Gasteiger partial charge in [-0.1, -0.05) is 18.2 Å². The van der Waals surface area contributed by atoms with E-state index in [-0.39, 0.29) is 5.56 Å². The molecule has 1 saturated heterocycles. The molecule has 2 heterocycles. The topological polar surface area (TPSA) is 58.6 Å². The average Bonchev–Trinajstić information content (AvgIpc) is 2.96. The monoisotopic (exact) mass is 370 g/mol. The molecule has 1 N–H and O–H groups in total. The van der Waals surface area contributed by atoms with Gasteiger partial charge in [0.25, 0.3) is 5.91 Å². The van der Waals surface area contributed by atoms with Gasteiger partial charge in [0.1, 0.15) is 11.8 Å². The third-order valence-corrected chi connectivity index (χ3v) is 4.60.